The van der Waals surface area contributed by atoms with E-state index in [0.29, 0.717) is 12.1 Å². The average Bonchev–Trinajstić information content (AvgIpc) is 2.62. The molecule has 0 unspecified atom stereocenters. The van der Waals surface area contributed by atoms with Gasteiger partial charge in [-0.3, -0.25) is 4.79 Å². The lowest BCUT2D eigenvalue weighted by atomic mass is 10.0. The van der Waals surface area contributed by atoms with Crippen LogP contribution in [0.5, 0.6) is 6.01 Å². The van der Waals surface area contributed by atoms with Crippen LogP contribution in [0.15, 0.2) is 42.6 Å². The molecule has 1 aromatic heterocycles. The summed E-state index contributed by atoms with van der Waals surface area (Å²) in [6, 6.07) is 12.0. The topological polar surface area (TPSA) is 67.3 Å². The van der Waals surface area contributed by atoms with E-state index in [-0.39, 0.29) is 12.0 Å². The Bertz CT molecular complexity index is 698. The van der Waals surface area contributed by atoms with Gasteiger partial charge < -0.3 is 15.0 Å². The SMILES string of the molecule is CC(C)Oc1nccc(NC2CCN(C(=O)c3ccccc3)CC2)n1. The van der Waals surface area contributed by atoms with Crippen molar-refractivity contribution in [1.29, 1.82) is 0 Å². The number of piperidine rings is 1. The van der Waals surface area contributed by atoms with Gasteiger partial charge >= 0.3 is 6.01 Å². The van der Waals surface area contributed by atoms with Crippen molar-refractivity contribution in [3.63, 3.8) is 0 Å². The third-order valence-corrected chi connectivity index (χ3v) is 4.13. The fraction of sp³-hybridized carbons (Fsp3) is 0.421. The molecule has 0 saturated carbocycles. The van der Waals surface area contributed by atoms with Crippen LogP contribution in [0.25, 0.3) is 0 Å². The highest BCUT2D eigenvalue weighted by Gasteiger charge is 2.23. The highest BCUT2D eigenvalue weighted by atomic mass is 16.5. The Morgan fingerprint density at radius 2 is 1.92 bits per heavy atom. The van der Waals surface area contributed by atoms with Gasteiger partial charge in [-0.15, -0.1) is 0 Å². The number of rotatable bonds is 5. The number of hydrogen-bond donors (Lipinski definition) is 1. The zero-order valence-electron chi connectivity index (χ0n) is 14.7. The quantitative estimate of drug-likeness (QED) is 0.906. The van der Waals surface area contributed by atoms with Crippen LogP contribution in [0, 0.1) is 0 Å². The van der Waals surface area contributed by atoms with Crippen molar-refractivity contribution >= 4 is 11.7 Å². The zero-order valence-corrected chi connectivity index (χ0v) is 14.7. The van der Waals surface area contributed by atoms with E-state index >= 15 is 0 Å². The Kier molecular flexibility index (Phi) is 5.48. The summed E-state index contributed by atoms with van der Waals surface area (Å²) < 4.78 is 5.53. The van der Waals surface area contributed by atoms with Crippen LogP contribution in [0.3, 0.4) is 0 Å². The second-order valence-corrected chi connectivity index (χ2v) is 6.47. The highest BCUT2D eigenvalue weighted by Crippen LogP contribution is 2.18. The van der Waals surface area contributed by atoms with Crippen molar-refractivity contribution in [3.05, 3.63) is 48.2 Å². The summed E-state index contributed by atoms with van der Waals surface area (Å²) in [6.07, 6.45) is 3.52. The predicted molar refractivity (Wildman–Crippen MR) is 96.8 cm³/mol. The molecule has 1 saturated heterocycles. The van der Waals surface area contributed by atoms with E-state index in [0.717, 1.165) is 37.3 Å². The Hall–Kier alpha value is -2.63. The molecule has 0 bridgehead atoms. The number of anilines is 1. The molecular formula is C19H24N4O2. The van der Waals surface area contributed by atoms with E-state index in [9.17, 15) is 4.79 Å². The fourth-order valence-electron chi connectivity index (χ4n) is 2.89. The van der Waals surface area contributed by atoms with Crippen molar-refractivity contribution in [2.75, 3.05) is 18.4 Å². The van der Waals surface area contributed by atoms with Crippen LogP contribution < -0.4 is 10.1 Å². The number of amides is 1. The molecule has 1 N–H and O–H groups in total. The number of hydrogen-bond acceptors (Lipinski definition) is 5. The third kappa shape index (κ3) is 4.68. The van der Waals surface area contributed by atoms with Gasteiger partial charge in [0.1, 0.15) is 5.82 Å². The lowest BCUT2D eigenvalue weighted by molar-refractivity contribution is 0.0718. The largest absolute Gasteiger partial charge is 0.461 e. The number of benzene rings is 1. The van der Waals surface area contributed by atoms with Gasteiger partial charge in [0.25, 0.3) is 5.91 Å². The van der Waals surface area contributed by atoms with Gasteiger partial charge in [0.2, 0.25) is 0 Å². The third-order valence-electron chi connectivity index (χ3n) is 4.13. The van der Waals surface area contributed by atoms with E-state index in [4.69, 9.17) is 4.74 Å². The summed E-state index contributed by atoms with van der Waals surface area (Å²) in [5.41, 5.74) is 0.750. The minimum atomic E-state index is 0.0440. The van der Waals surface area contributed by atoms with Crippen LogP contribution in [-0.2, 0) is 0 Å². The summed E-state index contributed by atoms with van der Waals surface area (Å²) in [7, 11) is 0. The maximum absolute atomic E-state index is 12.5. The number of carbonyl (C=O) groups is 1. The molecule has 1 amide bonds. The molecular weight excluding hydrogens is 316 g/mol. The fourth-order valence-corrected chi connectivity index (χ4v) is 2.89. The maximum atomic E-state index is 12.5. The van der Waals surface area contributed by atoms with E-state index in [1.807, 2.05) is 55.1 Å². The first-order chi connectivity index (χ1) is 12.1. The molecule has 6 nitrogen and oxygen atoms in total. The van der Waals surface area contributed by atoms with Gasteiger partial charge in [-0.2, -0.15) is 4.98 Å². The number of nitrogens with zero attached hydrogens (tertiary/aromatic N) is 3. The van der Waals surface area contributed by atoms with E-state index in [1.165, 1.54) is 0 Å². The number of likely N-dealkylation sites (tertiary alicyclic amines) is 1. The second-order valence-electron chi connectivity index (χ2n) is 6.47. The summed E-state index contributed by atoms with van der Waals surface area (Å²) >= 11 is 0. The predicted octanol–water partition coefficient (Wildman–Crippen LogP) is 2.98. The monoisotopic (exact) mass is 340 g/mol. The first-order valence-electron chi connectivity index (χ1n) is 8.72. The molecule has 25 heavy (non-hydrogen) atoms. The molecule has 1 aliphatic rings. The molecule has 2 aromatic rings. The lowest BCUT2D eigenvalue weighted by Crippen LogP contribution is -2.42. The minimum Gasteiger partial charge on any atom is -0.461 e. The number of nitrogens with one attached hydrogen (secondary N) is 1. The minimum absolute atomic E-state index is 0.0440. The molecule has 0 atom stereocenters. The van der Waals surface area contributed by atoms with Gasteiger partial charge in [0.05, 0.1) is 6.10 Å². The van der Waals surface area contributed by atoms with Gasteiger partial charge in [-0.1, -0.05) is 18.2 Å². The zero-order chi connectivity index (χ0) is 17.6. The second kappa shape index (κ2) is 7.96. The molecule has 1 aromatic carbocycles. The molecule has 132 valence electrons. The molecule has 1 aliphatic heterocycles. The van der Waals surface area contributed by atoms with Crippen LogP contribution in [0.2, 0.25) is 0 Å². The van der Waals surface area contributed by atoms with E-state index in [1.54, 1.807) is 6.20 Å². The molecule has 0 aliphatic carbocycles. The van der Waals surface area contributed by atoms with E-state index < -0.39 is 0 Å². The Labute approximate surface area is 148 Å². The summed E-state index contributed by atoms with van der Waals surface area (Å²) in [5, 5.41) is 3.42. The van der Waals surface area contributed by atoms with Gasteiger partial charge in [-0.25, -0.2) is 4.98 Å². The Balaban J connectivity index is 1.53. The van der Waals surface area contributed by atoms with Crippen molar-refractivity contribution in [2.24, 2.45) is 0 Å². The van der Waals surface area contributed by atoms with Crippen molar-refractivity contribution in [2.45, 2.75) is 38.8 Å². The van der Waals surface area contributed by atoms with Gasteiger partial charge in [0.15, 0.2) is 0 Å². The van der Waals surface area contributed by atoms with E-state index in [2.05, 4.69) is 15.3 Å². The first kappa shape index (κ1) is 17.2. The maximum Gasteiger partial charge on any atom is 0.318 e. The van der Waals surface area contributed by atoms with Crippen molar-refractivity contribution < 1.29 is 9.53 Å². The normalized spacial score (nSPS) is 15.2. The molecule has 6 heteroatoms. The summed E-state index contributed by atoms with van der Waals surface area (Å²) in [6.45, 7) is 5.38. The Morgan fingerprint density at radius 1 is 1.20 bits per heavy atom. The molecule has 0 spiro atoms. The highest BCUT2D eigenvalue weighted by molar-refractivity contribution is 5.94. The van der Waals surface area contributed by atoms with Gasteiger partial charge in [-0.05, 0) is 44.9 Å². The van der Waals surface area contributed by atoms with Crippen molar-refractivity contribution in [1.82, 2.24) is 14.9 Å². The molecule has 2 heterocycles. The standard InChI is InChI=1S/C19H24N4O2/c1-14(2)25-19-20-11-8-17(22-19)21-16-9-12-23(13-10-16)18(24)15-6-4-3-5-7-15/h3-8,11,14,16H,9-10,12-13H2,1-2H3,(H,20,21,22). The summed E-state index contributed by atoms with van der Waals surface area (Å²) in [5.74, 6) is 0.868. The molecule has 1 fully saturated rings. The number of aromatic nitrogens is 2. The lowest BCUT2D eigenvalue weighted by Gasteiger charge is -2.32. The number of carbonyl (C=O) groups excluding carboxylic acids is 1. The molecule has 3 rings (SSSR count). The van der Waals surface area contributed by atoms with Gasteiger partial charge in [0, 0.05) is 30.9 Å². The van der Waals surface area contributed by atoms with Crippen LogP contribution in [0.4, 0.5) is 5.82 Å². The Morgan fingerprint density at radius 3 is 2.60 bits per heavy atom. The first-order valence-corrected chi connectivity index (χ1v) is 8.72. The number of ether oxygens (including phenoxy) is 1. The van der Waals surface area contributed by atoms with Crippen LogP contribution in [-0.4, -0.2) is 46.0 Å². The van der Waals surface area contributed by atoms with Crippen LogP contribution in [0.1, 0.15) is 37.0 Å². The van der Waals surface area contributed by atoms with Crippen molar-refractivity contribution in [3.8, 4) is 6.01 Å². The van der Waals surface area contributed by atoms with Crippen LogP contribution >= 0.6 is 0 Å². The molecule has 0 radical (unpaired) electrons. The summed E-state index contributed by atoms with van der Waals surface area (Å²) in [4.78, 5) is 22.9. The average molecular weight is 340 g/mol. The smallest absolute Gasteiger partial charge is 0.318 e.